The first kappa shape index (κ1) is 15.3. The van der Waals surface area contributed by atoms with Gasteiger partial charge < -0.3 is 10.1 Å². The van der Waals surface area contributed by atoms with Gasteiger partial charge in [-0.15, -0.1) is 0 Å². The Morgan fingerprint density at radius 1 is 1.19 bits per heavy atom. The second-order valence-corrected chi connectivity index (χ2v) is 5.62. The van der Waals surface area contributed by atoms with E-state index in [1.54, 1.807) is 7.11 Å². The standard InChI is InChI=1S/C17H23N3O/c1-11(2)8-13-10-16(18-4)20-17(19-13)14-7-6-12(3)9-15(14)21-5/h6-7,9-11H,8H2,1-5H3,(H,18,19,20). The molecular weight excluding hydrogens is 262 g/mol. The molecule has 1 aromatic heterocycles. The zero-order valence-electron chi connectivity index (χ0n) is 13.4. The van der Waals surface area contributed by atoms with Crippen molar-refractivity contribution in [3.05, 3.63) is 35.5 Å². The summed E-state index contributed by atoms with van der Waals surface area (Å²) in [4.78, 5) is 9.26. The lowest BCUT2D eigenvalue weighted by Crippen LogP contribution is -2.04. The quantitative estimate of drug-likeness (QED) is 0.910. The van der Waals surface area contributed by atoms with Gasteiger partial charge in [-0.2, -0.15) is 0 Å². The number of benzene rings is 1. The number of hydrogen-bond donors (Lipinski definition) is 1. The molecule has 0 radical (unpaired) electrons. The van der Waals surface area contributed by atoms with Gasteiger partial charge in [0, 0.05) is 18.8 Å². The van der Waals surface area contributed by atoms with Crippen molar-refractivity contribution in [2.24, 2.45) is 5.92 Å². The number of aromatic nitrogens is 2. The molecule has 4 heteroatoms. The van der Waals surface area contributed by atoms with E-state index in [2.05, 4.69) is 30.2 Å². The van der Waals surface area contributed by atoms with Crippen LogP contribution in [0.15, 0.2) is 24.3 Å². The van der Waals surface area contributed by atoms with Crippen LogP contribution in [0, 0.1) is 12.8 Å². The summed E-state index contributed by atoms with van der Waals surface area (Å²) in [5.41, 5.74) is 3.12. The van der Waals surface area contributed by atoms with E-state index in [-0.39, 0.29) is 0 Å². The van der Waals surface area contributed by atoms with E-state index in [1.807, 2.05) is 32.2 Å². The summed E-state index contributed by atoms with van der Waals surface area (Å²) in [5, 5.41) is 3.11. The van der Waals surface area contributed by atoms with Gasteiger partial charge in [-0.05, 0) is 37.0 Å². The SMILES string of the molecule is CNc1cc(CC(C)C)nc(-c2ccc(C)cc2OC)n1. The van der Waals surface area contributed by atoms with Gasteiger partial charge in [0.15, 0.2) is 5.82 Å². The lowest BCUT2D eigenvalue weighted by molar-refractivity contribution is 0.416. The number of ether oxygens (including phenoxy) is 1. The van der Waals surface area contributed by atoms with Gasteiger partial charge in [-0.1, -0.05) is 19.9 Å². The summed E-state index contributed by atoms with van der Waals surface area (Å²) in [7, 11) is 3.55. The Bertz CT molecular complexity index is 623. The van der Waals surface area contributed by atoms with E-state index in [0.717, 1.165) is 34.8 Å². The van der Waals surface area contributed by atoms with Crippen LogP contribution in [0.25, 0.3) is 11.4 Å². The van der Waals surface area contributed by atoms with Gasteiger partial charge in [0.25, 0.3) is 0 Å². The number of anilines is 1. The van der Waals surface area contributed by atoms with Crippen molar-refractivity contribution >= 4 is 5.82 Å². The van der Waals surface area contributed by atoms with Crippen molar-refractivity contribution in [3.63, 3.8) is 0 Å². The molecule has 4 nitrogen and oxygen atoms in total. The smallest absolute Gasteiger partial charge is 0.165 e. The average Bonchev–Trinajstić information content (AvgIpc) is 2.45. The fourth-order valence-corrected chi connectivity index (χ4v) is 2.25. The monoisotopic (exact) mass is 285 g/mol. The number of nitrogens with zero attached hydrogens (tertiary/aromatic N) is 2. The molecule has 1 aromatic carbocycles. The fraction of sp³-hybridized carbons (Fsp3) is 0.412. The Labute approximate surface area is 126 Å². The third-order valence-corrected chi connectivity index (χ3v) is 3.25. The predicted octanol–water partition coefficient (Wildman–Crippen LogP) is 3.70. The first-order chi connectivity index (χ1) is 10.0. The third-order valence-electron chi connectivity index (χ3n) is 3.25. The second kappa shape index (κ2) is 6.57. The summed E-state index contributed by atoms with van der Waals surface area (Å²) in [6.07, 6.45) is 0.929. The summed E-state index contributed by atoms with van der Waals surface area (Å²) in [5.74, 6) is 2.89. The molecule has 0 aliphatic carbocycles. The molecule has 0 amide bonds. The van der Waals surface area contributed by atoms with Gasteiger partial charge in [0.1, 0.15) is 11.6 Å². The predicted molar refractivity (Wildman–Crippen MR) is 86.8 cm³/mol. The highest BCUT2D eigenvalue weighted by molar-refractivity contribution is 5.66. The zero-order chi connectivity index (χ0) is 15.4. The molecule has 21 heavy (non-hydrogen) atoms. The van der Waals surface area contributed by atoms with E-state index in [0.29, 0.717) is 11.7 Å². The molecule has 0 spiro atoms. The number of aryl methyl sites for hydroxylation is 1. The Balaban J connectivity index is 2.52. The summed E-state index contributed by atoms with van der Waals surface area (Å²) < 4.78 is 5.47. The van der Waals surface area contributed by atoms with Crippen LogP contribution in [0.4, 0.5) is 5.82 Å². The third kappa shape index (κ3) is 3.72. The van der Waals surface area contributed by atoms with Crippen LogP contribution >= 0.6 is 0 Å². The van der Waals surface area contributed by atoms with Crippen LogP contribution in [0.2, 0.25) is 0 Å². The highest BCUT2D eigenvalue weighted by atomic mass is 16.5. The maximum atomic E-state index is 5.47. The molecule has 112 valence electrons. The van der Waals surface area contributed by atoms with Gasteiger partial charge in [0.2, 0.25) is 0 Å². The van der Waals surface area contributed by atoms with Crippen LogP contribution in [0.1, 0.15) is 25.1 Å². The second-order valence-electron chi connectivity index (χ2n) is 5.62. The molecule has 2 aromatic rings. The van der Waals surface area contributed by atoms with E-state index < -0.39 is 0 Å². The van der Waals surface area contributed by atoms with Crippen LogP contribution in [-0.4, -0.2) is 24.1 Å². The highest BCUT2D eigenvalue weighted by Gasteiger charge is 2.12. The molecular formula is C17H23N3O. The first-order valence-corrected chi connectivity index (χ1v) is 7.24. The van der Waals surface area contributed by atoms with Crippen LogP contribution in [-0.2, 0) is 6.42 Å². The minimum atomic E-state index is 0.553. The molecule has 0 saturated heterocycles. The number of nitrogens with one attached hydrogen (secondary N) is 1. The molecule has 0 fully saturated rings. The number of hydrogen-bond acceptors (Lipinski definition) is 4. The van der Waals surface area contributed by atoms with Crippen molar-refractivity contribution < 1.29 is 4.74 Å². The van der Waals surface area contributed by atoms with E-state index in [9.17, 15) is 0 Å². The summed E-state index contributed by atoms with van der Waals surface area (Å²) in [6, 6.07) is 8.08. The lowest BCUT2D eigenvalue weighted by atomic mass is 10.1. The molecule has 0 bridgehead atoms. The van der Waals surface area contributed by atoms with Crippen molar-refractivity contribution in [1.29, 1.82) is 0 Å². The first-order valence-electron chi connectivity index (χ1n) is 7.24. The van der Waals surface area contributed by atoms with E-state index in [1.165, 1.54) is 0 Å². The number of methoxy groups -OCH3 is 1. The Kier molecular flexibility index (Phi) is 4.78. The Hall–Kier alpha value is -2.10. The summed E-state index contributed by atoms with van der Waals surface area (Å²) in [6.45, 7) is 6.42. The van der Waals surface area contributed by atoms with Gasteiger partial charge in [-0.25, -0.2) is 9.97 Å². The molecule has 1 N–H and O–H groups in total. The minimum Gasteiger partial charge on any atom is -0.496 e. The number of rotatable bonds is 5. The minimum absolute atomic E-state index is 0.553. The topological polar surface area (TPSA) is 47.0 Å². The highest BCUT2D eigenvalue weighted by Crippen LogP contribution is 2.29. The van der Waals surface area contributed by atoms with Crippen molar-refractivity contribution in [3.8, 4) is 17.1 Å². The van der Waals surface area contributed by atoms with Crippen molar-refractivity contribution in [2.75, 3.05) is 19.5 Å². The molecule has 0 atom stereocenters. The maximum Gasteiger partial charge on any atom is 0.165 e. The Morgan fingerprint density at radius 3 is 2.57 bits per heavy atom. The molecule has 2 rings (SSSR count). The van der Waals surface area contributed by atoms with Gasteiger partial charge in [-0.3, -0.25) is 0 Å². The normalized spacial score (nSPS) is 10.8. The van der Waals surface area contributed by atoms with E-state index >= 15 is 0 Å². The summed E-state index contributed by atoms with van der Waals surface area (Å²) >= 11 is 0. The van der Waals surface area contributed by atoms with E-state index in [4.69, 9.17) is 9.72 Å². The van der Waals surface area contributed by atoms with Crippen molar-refractivity contribution in [2.45, 2.75) is 27.2 Å². The van der Waals surface area contributed by atoms with Crippen LogP contribution in [0.3, 0.4) is 0 Å². The van der Waals surface area contributed by atoms with Crippen LogP contribution in [0.5, 0.6) is 5.75 Å². The fourth-order valence-electron chi connectivity index (χ4n) is 2.25. The van der Waals surface area contributed by atoms with Gasteiger partial charge in [0.05, 0.1) is 12.7 Å². The molecule has 0 aliphatic rings. The maximum absolute atomic E-state index is 5.47. The van der Waals surface area contributed by atoms with Crippen molar-refractivity contribution in [1.82, 2.24) is 9.97 Å². The molecule has 0 aliphatic heterocycles. The van der Waals surface area contributed by atoms with Crippen LogP contribution < -0.4 is 10.1 Å². The average molecular weight is 285 g/mol. The molecule has 0 unspecified atom stereocenters. The largest absolute Gasteiger partial charge is 0.496 e. The van der Waals surface area contributed by atoms with Gasteiger partial charge >= 0.3 is 0 Å². The lowest BCUT2D eigenvalue weighted by Gasteiger charge is -2.12. The Morgan fingerprint density at radius 2 is 1.95 bits per heavy atom. The molecule has 0 saturated carbocycles. The zero-order valence-corrected chi connectivity index (χ0v) is 13.4. The molecule has 1 heterocycles.